The molecule has 0 bridgehead atoms. The van der Waals surface area contributed by atoms with Crippen LogP contribution in [0.1, 0.15) is 6.92 Å². The Morgan fingerprint density at radius 2 is 2.45 bits per heavy atom. The lowest BCUT2D eigenvalue weighted by Crippen LogP contribution is -2.47. The summed E-state index contributed by atoms with van der Waals surface area (Å²) in [5.41, 5.74) is -0.123. The molecule has 0 spiro atoms. The van der Waals surface area contributed by atoms with Crippen molar-refractivity contribution >= 4 is 13.5 Å². The van der Waals surface area contributed by atoms with Crippen LogP contribution in [0.5, 0.6) is 0 Å². The molecule has 0 amide bonds. The zero-order chi connectivity index (χ0) is 8.32. The number of nitrogens with zero attached hydrogens (tertiary/aromatic N) is 1. The molecule has 1 aliphatic rings. The quantitative estimate of drug-likeness (QED) is 0.585. The molecule has 1 heterocycles. The molecule has 0 saturated carbocycles. The van der Waals surface area contributed by atoms with Gasteiger partial charge in [0.1, 0.15) is 7.28 Å². The number of methoxy groups -OCH3 is 1. The van der Waals surface area contributed by atoms with E-state index in [-0.39, 0.29) is 5.44 Å². The fourth-order valence-corrected chi connectivity index (χ4v) is 0.759. The van der Waals surface area contributed by atoms with Crippen LogP contribution in [0.2, 0.25) is 6.82 Å². The molecular weight excluding hydrogens is 139 g/mol. The highest BCUT2D eigenvalue weighted by atomic mass is 16.5. The minimum absolute atomic E-state index is 0.123. The Morgan fingerprint density at radius 3 is 2.82 bits per heavy atom. The first-order valence-corrected chi connectivity index (χ1v) is 3.58. The van der Waals surface area contributed by atoms with E-state index in [1.165, 1.54) is 0 Å². The van der Waals surface area contributed by atoms with Gasteiger partial charge in [0.05, 0.1) is 13.3 Å². The summed E-state index contributed by atoms with van der Waals surface area (Å²) in [6.07, 6.45) is 3.59. The van der Waals surface area contributed by atoms with E-state index in [2.05, 4.69) is 10.3 Å². The number of rotatable bonds is 2. The Bertz CT molecular complexity index is 203. The fourth-order valence-electron chi connectivity index (χ4n) is 0.759. The summed E-state index contributed by atoms with van der Waals surface area (Å²) in [5.74, 6) is 0.615. The predicted molar refractivity (Wildman–Crippen MR) is 46.7 cm³/mol. The first-order chi connectivity index (χ1) is 5.20. The molecule has 0 aliphatic carbocycles. The third-order valence-electron chi connectivity index (χ3n) is 1.78. The van der Waals surface area contributed by atoms with Crippen LogP contribution in [0.25, 0.3) is 0 Å². The SMILES string of the molecule is C[B]C1(C)C=NC(OC)=CN1. The second-order valence-electron chi connectivity index (χ2n) is 2.66. The highest BCUT2D eigenvalue weighted by Gasteiger charge is 2.21. The van der Waals surface area contributed by atoms with Crippen molar-refractivity contribution in [2.24, 2.45) is 4.99 Å². The van der Waals surface area contributed by atoms with Crippen molar-refractivity contribution in [2.45, 2.75) is 19.2 Å². The third-order valence-corrected chi connectivity index (χ3v) is 1.78. The van der Waals surface area contributed by atoms with Gasteiger partial charge in [0.15, 0.2) is 0 Å². The largest absolute Gasteiger partial charge is 0.480 e. The van der Waals surface area contributed by atoms with E-state index in [4.69, 9.17) is 4.74 Å². The van der Waals surface area contributed by atoms with E-state index in [9.17, 15) is 0 Å². The summed E-state index contributed by atoms with van der Waals surface area (Å²) in [7, 11) is 3.64. The lowest BCUT2D eigenvalue weighted by molar-refractivity contribution is 0.282. The van der Waals surface area contributed by atoms with Crippen LogP contribution in [-0.4, -0.2) is 26.0 Å². The van der Waals surface area contributed by atoms with Crippen molar-refractivity contribution in [1.82, 2.24) is 5.32 Å². The average Bonchev–Trinajstić information content (AvgIpc) is 2.06. The minimum atomic E-state index is -0.123. The summed E-state index contributed by atoms with van der Waals surface area (Å²) >= 11 is 0. The molecule has 1 N–H and O–H groups in total. The molecule has 1 rings (SSSR count). The molecule has 0 fully saturated rings. The fraction of sp³-hybridized carbons (Fsp3) is 0.571. The summed E-state index contributed by atoms with van der Waals surface area (Å²) in [5, 5.41) is 3.15. The molecule has 1 unspecified atom stereocenters. The Hall–Kier alpha value is -0.925. The highest BCUT2D eigenvalue weighted by Crippen LogP contribution is 2.07. The molecule has 0 aromatic carbocycles. The summed E-state index contributed by atoms with van der Waals surface area (Å²) in [6, 6.07) is 0. The number of hydrogen-bond donors (Lipinski definition) is 1. The van der Waals surface area contributed by atoms with Gasteiger partial charge < -0.3 is 10.1 Å². The van der Waals surface area contributed by atoms with Crippen molar-refractivity contribution in [3.63, 3.8) is 0 Å². The second-order valence-corrected chi connectivity index (χ2v) is 2.66. The topological polar surface area (TPSA) is 33.6 Å². The molecule has 11 heavy (non-hydrogen) atoms. The van der Waals surface area contributed by atoms with Gasteiger partial charge in [0, 0.05) is 11.7 Å². The van der Waals surface area contributed by atoms with Crippen molar-refractivity contribution in [2.75, 3.05) is 7.11 Å². The number of hydrogen-bond acceptors (Lipinski definition) is 3. The van der Waals surface area contributed by atoms with Gasteiger partial charge in [0.2, 0.25) is 5.88 Å². The third kappa shape index (κ3) is 1.76. The Balaban J connectivity index is 2.63. The first-order valence-electron chi connectivity index (χ1n) is 3.58. The van der Waals surface area contributed by atoms with E-state index in [0.29, 0.717) is 5.88 Å². The molecule has 1 atom stereocenters. The number of nitrogens with one attached hydrogen (secondary N) is 1. The van der Waals surface area contributed by atoms with Crippen LogP contribution in [-0.2, 0) is 4.74 Å². The van der Waals surface area contributed by atoms with E-state index in [1.807, 2.05) is 27.2 Å². The lowest BCUT2D eigenvalue weighted by atomic mass is 9.61. The highest BCUT2D eigenvalue weighted by molar-refractivity contribution is 6.44. The van der Waals surface area contributed by atoms with Crippen LogP contribution >= 0.6 is 0 Å². The van der Waals surface area contributed by atoms with Crippen LogP contribution < -0.4 is 5.32 Å². The zero-order valence-electron chi connectivity index (χ0n) is 7.09. The maximum absolute atomic E-state index is 4.92. The van der Waals surface area contributed by atoms with Crippen molar-refractivity contribution in [3.8, 4) is 0 Å². The van der Waals surface area contributed by atoms with Crippen LogP contribution in [0.3, 0.4) is 0 Å². The van der Waals surface area contributed by atoms with Gasteiger partial charge >= 0.3 is 0 Å². The minimum Gasteiger partial charge on any atom is -0.480 e. The molecule has 1 radical (unpaired) electrons. The van der Waals surface area contributed by atoms with Gasteiger partial charge in [-0.15, -0.1) is 0 Å². The van der Waals surface area contributed by atoms with Crippen molar-refractivity contribution < 1.29 is 4.74 Å². The average molecular weight is 151 g/mol. The van der Waals surface area contributed by atoms with E-state index >= 15 is 0 Å². The Labute approximate surface area is 67.8 Å². The molecule has 0 aromatic heterocycles. The van der Waals surface area contributed by atoms with Gasteiger partial charge in [-0.1, -0.05) is 6.82 Å². The smallest absolute Gasteiger partial charge is 0.228 e. The molecule has 1 aliphatic heterocycles. The Morgan fingerprint density at radius 1 is 1.73 bits per heavy atom. The lowest BCUT2D eigenvalue weighted by Gasteiger charge is -2.26. The van der Waals surface area contributed by atoms with Crippen LogP contribution in [0.4, 0.5) is 0 Å². The predicted octanol–water partition coefficient (Wildman–Crippen LogP) is 0.574. The van der Waals surface area contributed by atoms with E-state index < -0.39 is 0 Å². The van der Waals surface area contributed by atoms with Gasteiger partial charge in [-0.25, -0.2) is 4.99 Å². The molecular formula is C7H12BN2O. The maximum Gasteiger partial charge on any atom is 0.228 e. The van der Waals surface area contributed by atoms with Gasteiger partial charge in [-0.05, 0) is 6.92 Å². The monoisotopic (exact) mass is 151 g/mol. The van der Waals surface area contributed by atoms with Gasteiger partial charge in [-0.3, -0.25) is 0 Å². The van der Waals surface area contributed by atoms with Gasteiger partial charge in [0.25, 0.3) is 0 Å². The van der Waals surface area contributed by atoms with E-state index in [0.717, 1.165) is 0 Å². The standard InChI is InChI=1S/C7H12BN2O/c1-7(8-2)5-9-6(11-3)4-10-7/h4-5,10H,1-3H3. The van der Waals surface area contributed by atoms with Gasteiger partial charge in [-0.2, -0.15) is 0 Å². The number of aliphatic imine (C=N–C) groups is 1. The summed E-state index contributed by atoms with van der Waals surface area (Å²) in [6.45, 7) is 4.03. The second kappa shape index (κ2) is 2.99. The molecule has 0 aromatic rings. The number of ether oxygens (including phenoxy) is 1. The normalized spacial score (nSPS) is 28.8. The van der Waals surface area contributed by atoms with Crippen molar-refractivity contribution in [3.05, 3.63) is 12.1 Å². The summed E-state index contributed by atoms with van der Waals surface area (Å²) in [4.78, 5) is 4.09. The van der Waals surface area contributed by atoms with E-state index in [1.54, 1.807) is 13.3 Å². The zero-order valence-corrected chi connectivity index (χ0v) is 7.09. The van der Waals surface area contributed by atoms with Crippen molar-refractivity contribution in [1.29, 1.82) is 0 Å². The van der Waals surface area contributed by atoms with Crippen LogP contribution in [0.15, 0.2) is 17.1 Å². The molecule has 3 nitrogen and oxygen atoms in total. The first kappa shape index (κ1) is 8.17. The molecule has 0 saturated heterocycles. The molecule has 59 valence electrons. The molecule has 4 heteroatoms. The van der Waals surface area contributed by atoms with Crippen LogP contribution in [0, 0.1) is 0 Å². The summed E-state index contributed by atoms with van der Waals surface area (Å²) < 4.78 is 4.92. The maximum atomic E-state index is 4.92. The Kier molecular flexibility index (Phi) is 2.22.